The number of pyridine rings is 1. The summed E-state index contributed by atoms with van der Waals surface area (Å²) in [4.78, 5) is 3.87. The van der Waals surface area contributed by atoms with Crippen LogP contribution in [-0.4, -0.2) is 4.98 Å². The number of hydrazine groups is 1. The fraction of sp³-hybridized carbons (Fsp3) is 0.154. The van der Waals surface area contributed by atoms with E-state index in [0.717, 1.165) is 6.07 Å². The van der Waals surface area contributed by atoms with Crippen molar-refractivity contribution >= 4 is 21.7 Å². The molecule has 0 aliphatic heterocycles. The molecule has 8 heteroatoms. The molecule has 1 aromatic carbocycles. The second-order valence-electron chi connectivity index (χ2n) is 4.31. The van der Waals surface area contributed by atoms with E-state index in [1.165, 1.54) is 18.3 Å². The van der Waals surface area contributed by atoms with Crippen LogP contribution in [0, 0.1) is 0 Å². The molecule has 112 valence electrons. The molecule has 0 aliphatic carbocycles. The minimum atomic E-state index is -4.51. The average Bonchev–Trinajstić information content (AvgIpc) is 2.42. The molecule has 0 aliphatic rings. The summed E-state index contributed by atoms with van der Waals surface area (Å²) in [5, 5.41) is 0. The molecule has 0 spiro atoms. The first-order valence-electron chi connectivity index (χ1n) is 5.87. The normalized spacial score (nSPS) is 13.2. The molecule has 1 unspecified atom stereocenters. The van der Waals surface area contributed by atoms with E-state index in [1.54, 1.807) is 12.1 Å². The van der Waals surface area contributed by atoms with Gasteiger partial charge in [-0.1, -0.05) is 28.1 Å². The van der Waals surface area contributed by atoms with Crippen LogP contribution in [-0.2, 0) is 6.18 Å². The van der Waals surface area contributed by atoms with Crippen molar-refractivity contribution < 1.29 is 13.2 Å². The van der Waals surface area contributed by atoms with Gasteiger partial charge in [0, 0.05) is 16.2 Å². The van der Waals surface area contributed by atoms with Crippen LogP contribution in [0.4, 0.5) is 19.0 Å². The predicted octanol–water partition coefficient (Wildman–Crippen LogP) is 3.00. The summed E-state index contributed by atoms with van der Waals surface area (Å²) >= 11 is 3.04. The Labute approximate surface area is 127 Å². The lowest BCUT2D eigenvalue weighted by atomic mass is 9.95. The first-order chi connectivity index (χ1) is 9.84. The second-order valence-corrected chi connectivity index (χ2v) is 5.22. The van der Waals surface area contributed by atoms with Crippen molar-refractivity contribution in [3.63, 3.8) is 0 Å². The summed E-state index contributed by atoms with van der Waals surface area (Å²) in [6, 6.07) is 6.12. The molecule has 0 fully saturated rings. The SMILES string of the molecule is NNC(c1ccc(Br)cc1C(F)(F)F)c1cccnc1N. The highest BCUT2D eigenvalue weighted by atomic mass is 79.9. The summed E-state index contributed by atoms with van der Waals surface area (Å²) in [6.07, 6.45) is -3.05. The van der Waals surface area contributed by atoms with E-state index >= 15 is 0 Å². The second kappa shape index (κ2) is 6.00. The number of rotatable bonds is 3. The zero-order chi connectivity index (χ0) is 15.6. The molecule has 1 heterocycles. The standard InChI is InChI=1S/C13H12BrF3N4/c14-7-3-4-8(10(6-7)13(15,16)17)11(21-19)9-2-1-5-20-12(9)18/h1-6,11,21H,19H2,(H2,18,20). The lowest BCUT2D eigenvalue weighted by Crippen LogP contribution is -2.31. The number of aromatic nitrogens is 1. The van der Waals surface area contributed by atoms with Crippen LogP contribution in [0.5, 0.6) is 0 Å². The lowest BCUT2D eigenvalue weighted by molar-refractivity contribution is -0.138. The topological polar surface area (TPSA) is 77.0 Å². The average molecular weight is 361 g/mol. The van der Waals surface area contributed by atoms with Gasteiger partial charge in [-0.2, -0.15) is 13.2 Å². The fourth-order valence-corrected chi connectivity index (χ4v) is 2.41. The van der Waals surface area contributed by atoms with Crippen LogP contribution >= 0.6 is 15.9 Å². The van der Waals surface area contributed by atoms with Crippen LogP contribution in [0.1, 0.15) is 22.7 Å². The van der Waals surface area contributed by atoms with Gasteiger partial charge in [-0.15, -0.1) is 0 Å². The molecule has 0 saturated carbocycles. The summed E-state index contributed by atoms with van der Waals surface area (Å²) in [7, 11) is 0. The minimum absolute atomic E-state index is 0.0205. The lowest BCUT2D eigenvalue weighted by Gasteiger charge is -2.22. The zero-order valence-electron chi connectivity index (χ0n) is 10.7. The molecule has 0 saturated heterocycles. The maximum Gasteiger partial charge on any atom is 0.416 e. The number of anilines is 1. The first-order valence-corrected chi connectivity index (χ1v) is 6.67. The third kappa shape index (κ3) is 3.34. The van der Waals surface area contributed by atoms with Gasteiger partial charge >= 0.3 is 6.18 Å². The van der Waals surface area contributed by atoms with Crippen molar-refractivity contribution in [3.05, 3.63) is 57.7 Å². The highest BCUT2D eigenvalue weighted by Gasteiger charge is 2.36. The molecule has 0 bridgehead atoms. The maximum absolute atomic E-state index is 13.2. The van der Waals surface area contributed by atoms with Gasteiger partial charge in [0.05, 0.1) is 11.6 Å². The highest BCUT2D eigenvalue weighted by molar-refractivity contribution is 9.10. The van der Waals surface area contributed by atoms with Crippen molar-refractivity contribution in [2.75, 3.05) is 5.73 Å². The van der Waals surface area contributed by atoms with Crippen LogP contribution in [0.3, 0.4) is 0 Å². The van der Waals surface area contributed by atoms with Gasteiger partial charge in [0.2, 0.25) is 0 Å². The molecule has 21 heavy (non-hydrogen) atoms. The highest BCUT2D eigenvalue weighted by Crippen LogP contribution is 2.38. The van der Waals surface area contributed by atoms with Crippen LogP contribution in [0.2, 0.25) is 0 Å². The molecule has 2 aromatic rings. The number of hydrogen-bond donors (Lipinski definition) is 3. The number of nitrogens with one attached hydrogen (secondary N) is 1. The minimum Gasteiger partial charge on any atom is -0.383 e. The van der Waals surface area contributed by atoms with Crippen molar-refractivity contribution in [2.24, 2.45) is 5.84 Å². The van der Waals surface area contributed by atoms with Gasteiger partial charge in [0.1, 0.15) is 5.82 Å². The predicted molar refractivity (Wildman–Crippen MR) is 77.0 cm³/mol. The van der Waals surface area contributed by atoms with Gasteiger partial charge in [-0.05, 0) is 23.8 Å². The van der Waals surface area contributed by atoms with Gasteiger partial charge < -0.3 is 5.73 Å². The molecule has 2 rings (SSSR count). The van der Waals surface area contributed by atoms with E-state index in [1.807, 2.05) is 0 Å². The molecule has 5 N–H and O–H groups in total. The number of benzene rings is 1. The molecule has 1 atom stereocenters. The number of hydrogen-bond acceptors (Lipinski definition) is 4. The Morgan fingerprint density at radius 1 is 1.19 bits per heavy atom. The van der Waals surface area contributed by atoms with E-state index in [9.17, 15) is 13.2 Å². The van der Waals surface area contributed by atoms with Gasteiger partial charge in [-0.3, -0.25) is 5.84 Å². The van der Waals surface area contributed by atoms with E-state index in [4.69, 9.17) is 11.6 Å². The maximum atomic E-state index is 13.2. The van der Waals surface area contributed by atoms with Gasteiger partial charge in [-0.25, -0.2) is 10.4 Å². The molecular weight excluding hydrogens is 349 g/mol. The van der Waals surface area contributed by atoms with E-state index in [2.05, 4.69) is 26.3 Å². The summed E-state index contributed by atoms with van der Waals surface area (Å²) in [5.74, 6) is 5.57. The van der Waals surface area contributed by atoms with Crippen molar-refractivity contribution in [1.82, 2.24) is 10.4 Å². The van der Waals surface area contributed by atoms with Crippen LogP contribution in [0.15, 0.2) is 41.0 Å². The molecule has 0 amide bonds. The molecule has 0 radical (unpaired) electrons. The largest absolute Gasteiger partial charge is 0.416 e. The Morgan fingerprint density at radius 3 is 2.48 bits per heavy atom. The number of nitrogens with two attached hydrogens (primary N) is 2. The Hall–Kier alpha value is -1.64. The van der Waals surface area contributed by atoms with E-state index in [0.29, 0.717) is 10.0 Å². The Bertz CT molecular complexity index is 646. The van der Waals surface area contributed by atoms with E-state index < -0.39 is 17.8 Å². The first kappa shape index (κ1) is 15.7. The smallest absolute Gasteiger partial charge is 0.383 e. The molecular formula is C13H12BrF3N4. The van der Waals surface area contributed by atoms with Crippen LogP contribution in [0.25, 0.3) is 0 Å². The fourth-order valence-electron chi connectivity index (χ4n) is 2.05. The number of alkyl halides is 3. The molecule has 4 nitrogen and oxygen atoms in total. The number of nitrogens with zero attached hydrogens (tertiary/aromatic N) is 1. The van der Waals surface area contributed by atoms with Crippen molar-refractivity contribution in [2.45, 2.75) is 12.2 Å². The summed E-state index contributed by atoms with van der Waals surface area (Å²) in [5.41, 5.74) is 7.67. The van der Waals surface area contributed by atoms with Crippen LogP contribution < -0.4 is 17.0 Å². The van der Waals surface area contributed by atoms with E-state index in [-0.39, 0.29) is 11.4 Å². The third-order valence-corrected chi connectivity index (χ3v) is 3.47. The molecule has 1 aromatic heterocycles. The number of nitrogen functional groups attached to an aromatic ring is 1. The van der Waals surface area contributed by atoms with Crippen molar-refractivity contribution in [1.29, 1.82) is 0 Å². The zero-order valence-corrected chi connectivity index (χ0v) is 12.2. The Balaban J connectivity index is 2.61. The van der Waals surface area contributed by atoms with Gasteiger partial charge in [0.25, 0.3) is 0 Å². The van der Waals surface area contributed by atoms with Crippen molar-refractivity contribution in [3.8, 4) is 0 Å². The van der Waals surface area contributed by atoms with Gasteiger partial charge in [0.15, 0.2) is 0 Å². The quantitative estimate of drug-likeness (QED) is 0.580. The Morgan fingerprint density at radius 2 is 1.90 bits per heavy atom. The summed E-state index contributed by atoms with van der Waals surface area (Å²) < 4.78 is 39.9. The Kier molecular flexibility index (Phi) is 4.50. The monoisotopic (exact) mass is 360 g/mol. The third-order valence-electron chi connectivity index (χ3n) is 2.98. The number of halogens is 4. The summed E-state index contributed by atoms with van der Waals surface area (Å²) in [6.45, 7) is 0.